The second kappa shape index (κ2) is 5.19. The van der Waals surface area contributed by atoms with Gasteiger partial charge in [0.1, 0.15) is 11.3 Å². The van der Waals surface area contributed by atoms with Crippen LogP contribution in [-0.2, 0) is 4.74 Å². The second-order valence-corrected chi connectivity index (χ2v) is 4.35. The minimum Gasteiger partial charge on any atom is -0.492 e. The largest absolute Gasteiger partial charge is 0.492 e. The van der Waals surface area contributed by atoms with E-state index in [1.165, 1.54) is 0 Å². The van der Waals surface area contributed by atoms with Gasteiger partial charge in [-0.25, -0.2) is 4.79 Å². The van der Waals surface area contributed by atoms with E-state index < -0.39 is 5.97 Å². The molecule has 0 aromatic heterocycles. The van der Waals surface area contributed by atoms with Crippen molar-refractivity contribution < 1.29 is 19.4 Å². The molecular formula is C13H16O4. The highest BCUT2D eigenvalue weighted by molar-refractivity contribution is 5.91. The summed E-state index contributed by atoms with van der Waals surface area (Å²) in [5.74, 6) is -0.140. The van der Waals surface area contributed by atoms with Gasteiger partial charge >= 0.3 is 5.97 Å². The fraction of sp³-hybridized carbons (Fsp3) is 0.462. The lowest BCUT2D eigenvalue weighted by atomic mass is 10.1. The molecule has 1 N–H and O–H groups in total. The molecule has 92 valence electrons. The van der Waals surface area contributed by atoms with E-state index in [0.29, 0.717) is 24.9 Å². The number of carbonyl (C=O) groups is 1. The van der Waals surface area contributed by atoms with Gasteiger partial charge in [0.05, 0.1) is 13.2 Å². The third kappa shape index (κ3) is 2.97. The second-order valence-electron chi connectivity index (χ2n) is 4.35. The highest BCUT2D eigenvalue weighted by Gasteiger charge is 2.18. The molecule has 0 amide bonds. The molecule has 4 nitrogen and oxygen atoms in total. The van der Waals surface area contributed by atoms with Crippen LogP contribution in [0, 0.1) is 12.8 Å². The fourth-order valence-corrected chi connectivity index (χ4v) is 1.86. The van der Waals surface area contributed by atoms with E-state index in [-0.39, 0.29) is 5.56 Å². The van der Waals surface area contributed by atoms with Gasteiger partial charge in [-0.2, -0.15) is 0 Å². The average Bonchev–Trinajstić information content (AvgIpc) is 2.80. The first-order valence-corrected chi connectivity index (χ1v) is 5.71. The summed E-state index contributed by atoms with van der Waals surface area (Å²) in [6, 6.07) is 5.20. The van der Waals surface area contributed by atoms with Crippen molar-refractivity contribution >= 4 is 5.97 Å². The Morgan fingerprint density at radius 3 is 3.06 bits per heavy atom. The zero-order chi connectivity index (χ0) is 12.3. The van der Waals surface area contributed by atoms with Gasteiger partial charge in [-0.15, -0.1) is 0 Å². The van der Waals surface area contributed by atoms with Gasteiger partial charge in [0, 0.05) is 12.5 Å². The molecule has 1 heterocycles. The Balaban J connectivity index is 2.06. The van der Waals surface area contributed by atoms with Crippen LogP contribution in [0.2, 0.25) is 0 Å². The van der Waals surface area contributed by atoms with Gasteiger partial charge in [-0.3, -0.25) is 0 Å². The zero-order valence-electron chi connectivity index (χ0n) is 9.81. The standard InChI is InChI=1S/C13H16O4/c1-9-2-3-12(11(6-9)13(14)15)17-8-10-4-5-16-7-10/h2-3,6,10H,4-5,7-8H2,1H3,(H,14,15). The molecule has 4 heteroatoms. The Labute approximate surface area is 100 Å². The zero-order valence-corrected chi connectivity index (χ0v) is 9.81. The van der Waals surface area contributed by atoms with Gasteiger partial charge in [0.25, 0.3) is 0 Å². The van der Waals surface area contributed by atoms with Crippen LogP contribution in [0.3, 0.4) is 0 Å². The van der Waals surface area contributed by atoms with E-state index in [1.54, 1.807) is 12.1 Å². The monoisotopic (exact) mass is 236 g/mol. The van der Waals surface area contributed by atoms with Crippen molar-refractivity contribution in [3.05, 3.63) is 29.3 Å². The molecular weight excluding hydrogens is 220 g/mol. The van der Waals surface area contributed by atoms with Gasteiger partial charge in [-0.1, -0.05) is 11.6 Å². The molecule has 1 saturated heterocycles. The third-order valence-electron chi connectivity index (χ3n) is 2.86. The summed E-state index contributed by atoms with van der Waals surface area (Å²) < 4.78 is 10.8. The molecule has 2 rings (SSSR count). The Kier molecular flexibility index (Phi) is 3.64. The molecule has 1 aliphatic rings. The number of rotatable bonds is 4. The van der Waals surface area contributed by atoms with Gasteiger partial charge in [-0.05, 0) is 25.5 Å². The number of hydrogen-bond donors (Lipinski definition) is 1. The van der Waals surface area contributed by atoms with Crippen LogP contribution in [0.25, 0.3) is 0 Å². The first kappa shape index (κ1) is 11.9. The first-order valence-electron chi connectivity index (χ1n) is 5.71. The maximum absolute atomic E-state index is 11.1. The predicted molar refractivity (Wildman–Crippen MR) is 62.6 cm³/mol. The van der Waals surface area contributed by atoms with Crippen molar-refractivity contribution in [2.45, 2.75) is 13.3 Å². The smallest absolute Gasteiger partial charge is 0.339 e. The molecule has 1 fully saturated rings. The first-order chi connectivity index (χ1) is 8.16. The van der Waals surface area contributed by atoms with E-state index in [2.05, 4.69) is 0 Å². The van der Waals surface area contributed by atoms with Crippen molar-refractivity contribution in [3.63, 3.8) is 0 Å². The van der Waals surface area contributed by atoms with E-state index >= 15 is 0 Å². The van der Waals surface area contributed by atoms with Crippen LogP contribution in [0.4, 0.5) is 0 Å². The van der Waals surface area contributed by atoms with E-state index in [0.717, 1.165) is 18.6 Å². The molecule has 0 radical (unpaired) electrons. The van der Waals surface area contributed by atoms with E-state index in [9.17, 15) is 4.79 Å². The minimum absolute atomic E-state index is 0.226. The number of carboxylic acids is 1. The van der Waals surface area contributed by atoms with Crippen LogP contribution < -0.4 is 4.74 Å². The number of aryl methyl sites for hydroxylation is 1. The summed E-state index contributed by atoms with van der Waals surface area (Å²) in [4.78, 5) is 11.1. The Bertz CT molecular complexity index is 408. The summed E-state index contributed by atoms with van der Waals surface area (Å²) >= 11 is 0. The maximum Gasteiger partial charge on any atom is 0.339 e. The lowest BCUT2D eigenvalue weighted by Gasteiger charge is -2.12. The van der Waals surface area contributed by atoms with Crippen LogP contribution in [0.5, 0.6) is 5.75 Å². The number of aromatic carboxylic acids is 1. The van der Waals surface area contributed by atoms with Crippen LogP contribution in [0.15, 0.2) is 18.2 Å². The summed E-state index contributed by atoms with van der Waals surface area (Å²) in [6.07, 6.45) is 0.980. The van der Waals surface area contributed by atoms with Crippen molar-refractivity contribution in [1.29, 1.82) is 0 Å². The highest BCUT2D eigenvalue weighted by atomic mass is 16.5. The SMILES string of the molecule is Cc1ccc(OCC2CCOC2)c(C(=O)O)c1. The Morgan fingerprint density at radius 2 is 2.41 bits per heavy atom. The number of benzene rings is 1. The Hall–Kier alpha value is -1.55. The molecule has 0 saturated carbocycles. The van der Waals surface area contributed by atoms with Crippen molar-refractivity contribution in [2.75, 3.05) is 19.8 Å². The van der Waals surface area contributed by atoms with Gasteiger partial charge in [0.2, 0.25) is 0 Å². The molecule has 1 unspecified atom stereocenters. The van der Waals surface area contributed by atoms with Crippen LogP contribution >= 0.6 is 0 Å². The third-order valence-corrected chi connectivity index (χ3v) is 2.86. The number of hydrogen-bond acceptors (Lipinski definition) is 3. The summed E-state index contributed by atoms with van der Waals surface area (Å²) in [6.45, 7) is 3.85. The van der Waals surface area contributed by atoms with Crippen molar-refractivity contribution in [1.82, 2.24) is 0 Å². The topological polar surface area (TPSA) is 55.8 Å². The molecule has 1 aliphatic heterocycles. The molecule has 17 heavy (non-hydrogen) atoms. The number of carboxylic acid groups (broad SMARTS) is 1. The van der Waals surface area contributed by atoms with Gasteiger partial charge < -0.3 is 14.6 Å². The summed E-state index contributed by atoms with van der Waals surface area (Å²) in [5.41, 5.74) is 1.14. The lowest BCUT2D eigenvalue weighted by molar-refractivity contribution is 0.0691. The quantitative estimate of drug-likeness (QED) is 0.869. The fourth-order valence-electron chi connectivity index (χ4n) is 1.86. The average molecular weight is 236 g/mol. The van der Waals surface area contributed by atoms with Gasteiger partial charge in [0.15, 0.2) is 0 Å². The number of ether oxygens (including phenoxy) is 2. The van der Waals surface area contributed by atoms with E-state index in [4.69, 9.17) is 14.6 Å². The molecule has 1 atom stereocenters. The maximum atomic E-state index is 11.1. The summed E-state index contributed by atoms with van der Waals surface area (Å²) in [5, 5.41) is 9.08. The summed E-state index contributed by atoms with van der Waals surface area (Å²) in [7, 11) is 0. The van der Waals surface area contributed by atoms with E-state index in [1.807, 2.05) is 13.0 Å². The molecule has 1 aromatic rings. The molecule has 0 spiro atoms. The lowest BCUT2D eigenvalue weighted by Crippen LogP contribution is -2.13. The normalized spacial score (nSPS) is 19.2. The van der Waals surface area contributed by atoms with Crippen LogP contribution in [-0.4, -0.2) is 30.9 Å². The van der Waals surface area contributed by atoms with Crippen molar-refractivity contribution in [2.24, 2.45) is 5.92 Å². The van der Waals surface area contributed by atoms with Crippen LogP contribution in [0.1, 0.15) is 22.3 Å². The molecule has 0 bridgehead atoms. The van der Waals surface area contributed by atoms with Crippen molar-refractivity contribution in [3.8, 4) is 5.75 Å². The molecule has 0 aliphatic carbocycles. The molecule has 1 aromatic carbocycles. The Morgan fingerprint density at radius 1 is 1.59 bits per heavy atom. The highest BCUT2D eigenvalue weighted by Crippen LogP contribution is 2.22. The predicted octanol–water partition coefficient (Wildman–Crippen LogP) is 2.11. The minimum atomic E-state index is -0.952.